The molecule has 1 fully saturated rings. The summed E-state index contributed by atoms with van der Waals surface area (Å²) in [5.74, 6) is 0. The van der Waals surface area contributed by atoms with Crippen molar-refractivity contribution in [1.29, 1.82) is 0 Å². The third kappa shape index (κ3) is 2.52. The van der Waals surface area contributed by atoms with Gasteiger partial charge in [0.25, 0.3) is 0 Å². The van der Waals surface area contributed by atoms with E-state index in [9.17, 15) is 0 Å². The highest BCUT2D eigenvalue weighted by atomic mass is 16.5. The van der Waals surface area contributed by atoms with Crippen LogP contribution in [0.5, 0.6) is 0 Å². The zero-order chi connectivity index (χ0) is 12.4. The third-order valence-electron chi connectivity index (χ3n) is 4.01. The Morgan fingerprint density at radius 3 is 3.22 bits per heavy atom. The van der Waals surface area contributed by atoms with Gasteiger partial charge in [-0.2, -0.15) is 0 Å². The van der Waals surface area contributed by atoms with Crippen molar-refractivity contribution in [3.05, 3.63) is 29.3 Å². The predicted molar refractivity (Wildman–Crippen MR) is 73.9 cm³/mol. The van der Waals surface area contributed by atoms with E-state index in [1.807, 2.05) is 0 Å². The molecule has 3 nitrogen and oxygen atoms in total. The number of rotatable bonds is 4. The van der Waals surface area contributed by atoms with Crippen molar-refractivity contribution < 1.29 is 4.74 Å². The lowest BCUT2D eigenvalue weighted by Gasteiger charge is -2.23. The summed E-state index contributed by atoms with van der Waals surface area (Å²) in [6.07, 6.45) is 3.53. The monoisotopic (exact) mass is 246 g/mol. The maximum atomic E-state index is 5.78. The van der Waals surface area contributed by atoms with Gasteiger partial charge < -0.3 is 15.4 Å². The van der Waals surface area contributed by atoms with E-state index in [1.54, 1.807) is 0 Å². The first-order valence-corrected chi connectivity index (χ1v) is 6.96. The average molecular weight is 246 g/mol. The Morgan fingerprint density at radius 2 is 2.39 bits per heavy atom. The molecule has 0 saturated carbocycles. The van der Waals surface area contributed by atoms with Gasteiger partial charge in [-0.3, -0.25) is 0 Å². The fourth-order valence-corrected chi connectivity index (χ4v) is 2.92. The molecule has 3 heteroatoms. The van der Waals surface area contributed by atoms with Crippen LogP contribution in [0.1, 0.15) is 30.9 Å². The maximum Gasteiger partial charge on any atom is 0.0779 e. The van der Waals surface area contributed by atoms with Crippen LogP contribution in [-0.2, 0) is 17.7 Å². The second-order valence-electron chi connectivity index (χ2n) is 5.67. The van der Waals surface area contributed by atoms with Crippen LogP contribution in [0.15, 0.2) is 18.2 Å². The highest BCUT2D eigenvalue weighted by Gasteiger charge is 2.28. The van der Waals surface area contributed by atoms with Gasteiger partial charge in [0, 0.05) is 31.9 Å². The molecular weight excluding hydrogens is 224 g/mol. The summed E-state index contributed by atoms with van der Waals surface area (Å²) >= 11 is 0. The van der Waals surface area contributed by atoms with Gasteiger partial charge in [0.15, 0.2) is 0 Å². The van der Waals surface area contributed by atoms with Crippen molar-refractivity contribution >= 4 is 5.69 Å². The highest BCUT2D eigenvalue weighted by Crippen LogP contribution is 2.25. The molecule has 1 unspecified atom stereocenters. The summed E-state index contributed by atoms with van der Waals surface area (Å²) in [6, 6.07) is 6.73. The Kier molecular flexibility index (Phi) is 3.27. The Morgan fingerprint density at radius 1 is 1.44 bits per heavy atom. The molecule has 2 N–H and O–H groups in total. The Bertz CT molecular complexity index is 425. The molecule has 2 aliphatic rings. The summed E-state index contributed by atoms with van der Waals surface area (Å²) < 4.78 is 5.78. The number of fused-ring (bicyclic) bond motifs is 1. The van der Waals surface area contributed by atoms with Gasteiger partial charge in [0.1, 0.15) is 0 Å². The molecule has 0 radical (unpaired) electrons. The first-order chi connectivity index (χ1) is 8.75. The van der Waals surface area contributed by atoms with Crippen LogP contribution in [0.25, 0.3) is 0 Å². The number of ether oxygens (including phenoxy) is 1. The van der Waals surface area contributed by atoms with Crippen molar-refractivity contribution in [2.24, 2.45) is 0 Å². The van der Waals surface area contributed by atoms with E-state index in [4.69, 9.17) is 4.74 Å². The Hall–Kier alpha value is -1.06. The van der Waals surface area contributed by atoms with Crippen LogP contribution in [0, 0.1) is 0 Å². The van der Waals surface area contributed by atoms with Gasteiger partial charge in [0.2, 0.25) is 0 Å². The number of hydrogen-bond donors (Lipinski definition) is 2. The molecule has 2 heterocycles. The summed E-state index contributed by atoms with van der Waals surface area (Å²) in [4.78, 5) is 0. The first kappa shape index (κ1) is 12.0. The van der Waals surface area contributed by atoms with Crippen LogP contribution in [-0.4, -0.2) is 25.3 Å². The second-order valence-corrected chi connectivity index (χ2v) is 5.67. The van der Waals surface area contributed by atoms with Crippen molar-refractivity contribution in [3.8, 4) is 0 Å². The van der Waals surface area contributed by atoms with E-state index in [0.29, 0.717) is 0 Å². The molecule has 1 saturated heterocycles. The molecule has 1 aromatic carbocycles. The van der Waals surface area contributed by atoms with E-state index >= 15 is 0 Å². The zero-order valence-electron chi connectivity index (χ0n) is 11.1. The van der Waals surface area contributed by atoms with Gasteiger partial charge in [-0.25, -0.2) is 0 Å². The van der Waals surface area contributed by atoms with Gasteiger partial charge in [0.05, 0.1) is 5.60 Å². The molecule has 2 aliphatic heterocycles. The van der Waals surface area contributed by atoms with Gasteiger partial charge >= 0.3 is 0 Å². The molecule has 0 aliphatic carbocycles. The summed E-state index contributed by atoms with van der Waals surface area (Å²) in [5, 5.41) is 6.92. The lowest BCUT2D eigenvalue weighted by molar-refractivity contribution is 0.0207. The third-order valence-corrected chi connectivity index (χ3v) is 4.01. The predicted octanol–water partition coefficient (Wildman–Crippen LogP) is 2.31. The second kappa shape index (κ2) is 4.90. The van der Waals surface area contributed by atoms with E-state index < -0.39 is 0 Å². The summed E-state index contributed by atoms with van der Waals surface area (Å²) in [6.45, 7) is 6.09. The normalized spacial score (nSPS) is 26.1. The summed E-state index contributed by atoms with van der Waals surface area (Å²) in [5.41, 5.74) is 4.19. The Labute approximate surface area is 109 Å². The minimum atomic E-state index is 0.0539. The van der Waals surface area contributed by atoms with Crippen molar-refractivity contribution in [2.75, 3.05) is 25.0 Å². The van der Waals surface area contributed by atoms with Crippen LogP contribution in [0.3, 0.4) is 0 Å². The number of nitrogens with one attached hydrogen (secondary N) is 2. The van der Waals surface area contributed by atoms with Gasteiger partial charge in [-0.05, 0) is 43.4 Å². The van der Waals surface area contributed by atoms with Gasteiger partial charge in [-0.15, -0.1) is 0 Å². The fraction of sp³-hybridized carbons (Fsp3) is 0.600. The van der Waals surface area contributed by atoms with Gasteiger partial charge in [-0.1, -0.05) is 12.1 Å². The number of hydrogen-bond acceptors (Lipinski definition) is 3. The van der Waals surface area contributed by atoms with Crippen LogP contribution in [0.4, 0.5) is 5.69 Å². The SMILES string of the molecule is CC1(CNCc2ccc3c(c2)CCN3)CCCO1. The lowest BCUT2D eigenvalue weighted by atomic mass is 10.0. The minimum absolute atomic E-state index is 0.0539. The van der Waals surface area contributed by atoms with E-state index in [2.05, 4.69) is 35.8 Å². The van der Waals surface area contributed by atoms with Crippen molar-refractivity contribution in [1.82, 2.24) is 5.32 Å². The summed E-state index contributed by atoms with van der Waals surface area (Å²) in [7, 11) is 0. The maximum absolute atomic E-state index is 5.78. The molecule has 98 valence electrons. The van der Waals surface area contributed by atoms with Crippen molar-refractivity contribution in [2.45, 2.75) is 38.3 Å². The van der Waals surface area contributed by atoms with E-state index in [0.717, 1.165) is 32.7 Å². The standard InChI is InChI=1S/C15H22N2O/c1-15(6-2-8-18-15)11-16-10-12-3-4-14-13(9-12)5-7-17-14/h3-4,9,16-17H,2,5-8,10-11H2,1H3. The number of anilines is 1. The quantitative estimate of drug-likeness (QED) is 0.855. The van der Waals surface area contributed by atoms with Crippen LogP contribution >= 0.6 is 0 Å². The molecule has 0 bridgehead atoms. The molecule has 1 aromatic rings. The average Bonchev–Trinajstić information content (AvgIpc) is 2.97. The lowest BCUT2D eigenvalue weighted by Crippen LogP contribution is -2.36. The molecule has 0 aromatic heterocycles. The fourth-order valence-electron chi connectivity index (χ4n) is 2.92. The first-order valence-electron chi connectivity index (χ1n) is 6.96. The highest BCUT2D eigenvalue weighted by molar-refractivity contribution is 5.56. The zero-order valence-corrected chi connectivity index (χ0v) is 11.1. The molecular formula is C15H22N2O. The molecule has 0 spiro atoms. The Balaban J connectivity index is 1.54. The minimum Gasteiger partial charge on any atom is -0.384 e. The molecule has 3 rings (SSSR count). The van der Waals surface area contributed by atoms with Crippen LogP contribution < -0.4 is 10.6 Å². The van der Waals surface area contributed by atoms with E-state index in [-0.39, 0.29) is 5.60 Å². The number of benzene rings is 1. The van der Waals surface area contributed by atoms with E-state index in [1.165, 1.54) is 29.7 Å². The molecule has 1 atom stereocenters. The topological polar surface area (TPSA) is 33.3 Å². The molecule has 18 heavy (non-hydrogen) atoms. The smallest absolute Gasteiger partial charge is 0.0779 e. The largest absolute Gasteiger partial charge is 0.384 e. The molecule has 0 amide bonds. The van der Waals surface area contributed by atoms with Crippen molar-refractivity contribution in [3.63, 3.8) is 0 Å². The van der Waals surface area contributed by atoms with Crippen LogP contribution in [0.2, 0.25) is 0 Å².